The molecule has 1 aliphatic rings. The molecule has 0 spiro atoms. The van der Waals surface area contributed by atoms with Gasteiger partial charge in [-0.1, -0.05) is 24.0 Å². The predicted molar refractivity (Wildman–Crippen MR) is 61.6 cm³/mol. The van der Waals surface area contributed by atoms with Crippen LogP contribution in [0.5, 0.6) is 0 Å². The first-order valence-corrected chi connectivity index (χ1v) is 6.46. The molecule has 0 aliphatic carbocycles. The lowest BCUT2D eigenvalue weighted by Crippen LogP contribution is -2.35. The number of rotatable bonds is 2. The molecule has 1 saturated heterocycles. The Kier molecular flexibility index (Phi) is 4.90. The zero-order valence-electron chi connectivity index (χ0n) is 7.06. The van der Waals surface area contributed by atoms with E-state index in [-0.39, 0.29) is 5.75 Å². The van der Waals surface area contributed by atoms with Crippen LogP contribution >= 0.6 is 35.7 Å². The summed E-state index contributed by atoms with van der Waals surface area (Å²) in [4.78, 5) is 12.4. The summed E-state index contributed by atoms with van der Waals surface area (Å²) in [6, 6.07) is 0. The largest absolute Gasteiger partial charge is 0.481 e. The number of carbonyl (C=O) groups is 1. The summed E-state index contributed by atoms with van der Waals surface area (Å²) in [5, 5.41) is 8.46. The summed E-state index contributed by atoms with van der Waals surface area (Å²) >= 11 is 8.26. The Morgan fingerprint density at radius 1 is 1.54 bits per heavy atom. The maximum atomic E-state index is 10.3. The number of thiocarbonyl (C=S) groups is 1. The maximum Gasteiger partial charge on any atom is 0.313 e. The molecule has 1 fully saturated rings. The second-order valence-electron chi connectivity index (χ2n) is 2.55. The third kappa shape index (κ3) is 4.19. The number of hydrogen-bond donors (Lipinski definition) is 1. The Bertz CT molecular complexity index is 204. The zero-order chi connectivity index (χ0) is 9.68. The monoisotopic (exact) mass is 237 g/mol. The smallest absolute Gasteiger partial charge is 0.313 e. The molecule has 1 aliphatic heterocycles. The summed E-state index contributed by atoms with van der Waals surface area (Å²) in [6.45, 7) is 1.91. The molecule has 0 aromatic heterocycles. The maximum absolute atomic E-state index is 10.3. The van der Waals surface area contributed by atoms with Crippen molar-refractivity contribution in [2.45, 2.75) is 0 Å². The standard InChI is InChI=1S/C7H11NO2S3/c9-6(10)5-13-7(11)8-1-3-12-4-2-8/h1-5H2,(H,9,10). The van der Waals surface area contributed by atoms with Crippen LogP contribution < -0.4 is 0 Å². The highest BCUT2D eigenvalue weighted by molar-refractivity contribution is 8.23. The Balaban J connectivity index is 2.25. The van der Waals surface area contributed by atoms with Crippen molar-refractivity contribution in [2.75, 3.05) is 30.3 Å². The van der Waals surface area contributed by atoms with Gasteiger partial charge in [-0.2, -0.15) is 11.8 Å². The predicted octanol–water partition coefficient (Wildman–Crippen LogP) is 1.14. The molecule has 74 valence electrons. The van der Waals surface area contributed by atoms with E-state index in [0.29, 0.717) is 0 Å². The first kappa shape index (κ1) is 11.1. The molecule has 0 bridgehead atoms. The number of carboxylic acid groups (broad SMARTS) is 1. The van der Waals surface area contributed by atoms with E-state index in [1.165, 1.54) is 11.8 Å². The van der Waals surface area contributed by atoms with Gasteiger partial charge in [0.25, 0.3) is 0 Å². The van der Waals surface area contributed by atoms with E-state index >= 15 is 0 Å². The number of thioether (sulfide) groups is 2. The highest BCUT2D eigenvalue weighted by Gasteiger charge is 2.14. The molecule has 1 heterocycles. The minimum atomic E-state index is -0.807. The van der Waals surface area contributed by atoms with Crippen molar-refractivity contribution in [1.29, 1.82) is 0 Å². The zero-order valence-corrected chi connectivity index (χ0v) is 9.51. The molecule has 3 nitrogen and oxygen atoms in total. The third-order valence-corrected chi connectivity index (χ3v) is 4.04. The summed E-state index contributed by atoms with van der Waals surface area (Å²) in [7, 11) is 0. The van der Waals surface area contributed by atoms with Crippen LogP contribution in [0, 0.1) is 0 Å². The van der Waals surface area contributed by atoms with Gasteiger partial charge in [-0.15, -0.1) is 0 Å². The van der Waals surface area contributed by atoms with Gasteiger partial charge in [0.15, 0.2) is 0 Å². The van der Waals surface area contributed by atoms with Crippen LogP contribution in [0.2, 0.25) is 0 Å². The second-order valence-corrected chi connectivity index (χ2v) is 5.38. The second kappa shape index (κ2) is 5.72. The van der Waals surface area contributed by atoms with E-state index in [2.05, 4.69) is 4.90 Å². The highest BCUT2D eigenvalue weighted by atomic mass is 32.2. The lowest BCUT2D eigenvalue weighted by Gasteiger charge is -2.27. The van der Waals surface area contributed by atoms with Crippen LogP contribution in [0.15, 0.2) is 0 Å². The van der Waals surface area contributed by atoms with Crippen molar-refractivity contribution in [3.05, 3.63) is 0 Å². The third-order valence-electron chi connectivity index (χ3n) is 1.59. The molecule has 13 heavy (non-hydrogen) atoms. The summed E-state index contributed by atoms with van der Waals surface area (Å²) < 4.78 is 0.725. The molecule has 1 N–H and O–H groups in total. The van der Waals surface area contributed by atoms with Crippen LogP contribution in [0.3, 0.4) is 0 Å². The van der Waals surface area contributed by atoms with Crippen LogP contribution in [0.1, 0.15) is 0 Å². The van der Waals surface area contributed by atoms with Crippen molar-refractivity contribution in [3.63, 3.8) is 0 Å². The lowest BCUT2D eigenvalue weighted by atomic mass is 10.6. The van der Waals surface area contributed by atoms with Crippen molar-refractivity contribution in [3.8, 4) is 0 Å². The molecule has 0 saturated carbocycles. The van der Waals surface area contributed by atoms with Gasteiger partial charge in [0.05, 0.1) is 5.75 Å². The molecule has 0 aromatic carbocycles. The molecule has 0 aromatic rings. The van der Waals surface area contributed by atoms with Gasteiger partial charge < -0.3 is 10.0 Å². The fraction of sp³-hybridized carbons (Fsp3) is 0.714. The molecule has 0 amide bonds. The minimum Gasteiger partial charge on any atom is -0.481 e. The Labute approximate surface area is 91.2 Å². The van der Waals surface area contributed by atoms with Gasteiger partial charge >= 0.3 is 5.97 Å². The molecule has 0 atom stereocenters. The van der Waals surface area contributed by atoms with E-state index in [0.717, 1.165) is 28.9 Å². The molecule has 6 heteroatoms. The highest BCUT2D eigenvalue weighted by Crippen LogP contribution is 2.15. The van der Waals surface area contributed by atoms with E-state index in [1.807, 2.05) is 11.8 Å². The molecular formula is C7H11NO2S3. The SMILES string of the molecule is O=C(O)CSC(=S)N1CCSCC1. The number of nitrogens with zero attached hydrogens (tertiary/aromatic N) is 1. The average Bonchev–Trinajstić information content (AvgIpc) is 2.15. The van der Waals surface area contributed by atoms with Gasteiger partial charge in [-0.05, 0) is 0 Å². The first-order chi connectivity index (χ1) is 6.20. The van der Waals surface area contributed by atoms with Crippen LogP contribution in [0.25, 0.3) is 0 Å². The Hall–Kier alpha value is 0.0600. The number of aliphatic carboxylic acids is 1. The molecule has 0 radical (unpaired) electrons. The normalized spacial score (nSPS) is 17.1. The lowest BCUT2D eigenvalue weighted by molar-refractivity contribution is -0.133. The number of hydrogen-bond acceptors (Lipinski definition) is 4. The van der Waals surface area contributed by atoms with Gasteiger partial charge in [0, 0.05) is 24.6 Å². The topological polar surface area (TPSA) is 40.5 Å². The Morgan fingerprint density at radius 2 is 2.15 bits per heavy atom. The number of carboxylic acids is 1. The van der Waals surface area contributed by atoms with Gasteiger partial charge in [0.2, 0.25) is 0 Å². The average molecular weight is 237 g/mol. The first-order valence-electron chi connectivity index (χ1n) is 3.91. The summed E-state index contributed by atoms with van der Waals surface area (Å²) in [6.07, 6.45) is 0. The quantitative estimate of drug-likeness (QED) is 0.726. The molecule has 0 unspecified atom stereocenters. The summed E-state index contributed by atoms with van der Waals surface area (Å²) in [5.41, 5.74) is 0. The van der Waals surface area contributed by atoms with Crippen LogP contribution in [-0.4, -0.2) is 50.6 Å². The van der Waals surface area contributed by atoms with Crippen molar-refractivity contribution in [1.82, 2.24) is 4.90 Å². The van der Waals surface area contributed by atoms with E-state index in [4.69, 9.17) is 17.3 Å². The summed E-state index contributed by atoms with van der Waals surface area (Å²) in [5.74, 6) is 1.45. The van der Waals surface area contributed by atoms with Crippen molar-refractivity contribution in [2.24, 2.45) is 0 Å². The van der Waals surface area contributed by atoms with Crippen LogP contribution in [0.4, 0.5) is 0 Å². The Morgan fingerprint density at radius 3 is 2.69 bits per heavy atom. The van der Waals surface area contributed by atoms with Crippen molar-refractivity contribution >= 4 is 46.0 Å². The fourth-order valence-electron chi connectivity index (χ4n) is 0.961. The van der Waals surface area contributed by atoms with Crippen molar-refractivity contribution < 1.29 is 9.90 Å². The minimum absolute atomic E-state index is 0.0719. The van der Waals surface area contributed by atoms with E-state index in [9.17, 15) is 4.79 Å². The molecule has 1 rings (SSSR count). The van der Waals surface area contributed by atoms with Crippen LogP contribution in [-0.2, 0) is 4.79 Å². The fourth-order valence-corrected chi connectivity index (χ4v) is 2.84. The van der Waals surface area contributed by atoms with Gasteiger partial charge in [-0.25, -0.2) is 0 Å². The van der Waals surface area contributed by atoms with E-state index < -0.39 is 5.97 Å². The molecular weight excluding hydrogens is 226 g/mol. The van der Waals surface area contributed by atoms with Gasteiger partial charge in [0.1, 0.15) is 4.32 Å². The van der Waals surface area contributed by atoms with E-state index in [1.54, 1.807) is 0 Å². The van der Waals surface area contributed by atoms with Gasteiger partial charge in [-0.3, -0.25) is 4.79 Å².